The van der Waals surface area contributed by atoms with Crippen LogP contribution in [0.5, 0.6) is 0 Å². The minimum absolute atomic E-state index is 0.0666. The topological polar surface area (TPSA) is 80.3 Å². The van der Waals surface area contributed by atoms with Gasteiger partial charge in [0.15, 0.2) is 5.13 Å². The Morgan fingerprint density at radius 1 is 1.35 bits per heavy atom. The molecule has 23 heavy (non-hydrogen) atoms. The van der Waals surface area contributed by atoms with Gasteiger partial charge in [0.25, 0.3) is 5.91 Å². The van der Waals surface area contributed by atoms with Crippen LogP contribution in [0.1, 0.15) is 22.3 Å². The third kappa shape index (κ3) is 3.57. The summed E-state index contributed by atoms with van der Waals surface area (Å²) in [5, 5.41) is 7.99. The molecule has 2 amide bonds. The largest absolute Gasteiger partial charge is 0.381 e. The smallest absolute Gasteiger partial charge is 0.257 e. The lowest BCUT2D eigenvalue weighted by atomic mass is 10.0. The van der Waals surface area contributed by atoms with Crippen molar-refractivity contribution in [2.75, 3.05) is 23.8 Å². The molecular weight excluding hydrogens is 314 g/mol. The number of nitrogens with one attached hydrogen (secondary N) is 2. The molecule has 0 unspecified atom stereocenters. The van der Waals surface area contributed by atoms with Crippen LogP contribution in [-0.2, 0) is 9.53 Å². The molecule has 0 spiro atoms. The van der Waals surface area contributed by atoms with Gasteiger partial charge in [-0.05, 0) is 31.0 Å². The highest BCUT2D eigenvalue weighted by molar-refractivity contribution is 7.13. The standard InChI is InChI=1S/C16H17N3O3S/c1-10-12(15(21)19-16-17-6-8-23-16)3-2-4-13(10)18-14(20)11-5-7-22-9-11/h2-4,6,8,11H,5,7,9H2,1H3,(H,18,20)(H,17,19,21)/t11-/m0/s1. The fourth-order valence-corrected chi connectivity index (χ4v) is 2.97. The molecule has 1 fully saturated rings. The van der Waals surface area contributed by atoms with Crippen LogP contribution in [0.2, 0.25) is 0 Å². The van der Waals surface area contributed by atoms with Crippen molar-refractivity contribution in [3.8, 4) is 0 Å². The third-order valence-corrected chi connectivity index (χ3v) is 4.48. The minimum Gasteiger partial charge on any atom is -0.381 e. The zero-order valence-electron chi connectivity index (χ0n) is 12.7. The van der Waals surface area contributed by atoms with Gasteiger partial charge in [-0.2, -0.15) is 0 Å². The predicted molar refractivity (Wildman–Crippen MR) is 88.8 cm³/mol. The van der Waals surface area contributed by atoms with Crippen LogP contribution in [0, 0.1) is 12.8 Å². The van der Waals surface area contributed by atoms with Gasteiger partial charge in [-0.25, -0.2) is 4.98 Å². The molecule has 0 radical (unpaired) electrons. The predicted octanol–water partition coefficient (Wildman–Crippen LogP) is 2.68. The first-order valence-corrected chi connectivity index (χ1v) is 8.22. The van der Waals surface area contributed by atoms with Crippen LogP contribution in [0.4, 0.5) is 10.8 Å². The maximum atomic E-state index is 12.3. The van der Waals surface area contributed by atoms with Crippen molar-refractivity contribution in [3.05, 3.63) is 40.9 Å². The lowest BCUT2D eigenvalue weighted by molar-refractivity contribution is -0.119. The Balaban J connectivity index is 1.75. The monoisotopic (exact) mass is 331 g/mol. The fraction of sp³-hybridized carbons (Fsp3) is 0.312. The molecule has 0 saturated carbocycles. The molecule has 1 atom stereocenters. The third-order valence-electron chi connectivity index (χ3n) is 3.79. The van der Waals surface area contributed by atoms with Gasteiger partial charge < -0.3 is 10.1 Å². The summed E-state index contributed by atoms with van der Waals surface area (Å²) < 4.78 is 5.24. The van der Waals surface area contributed by atoms with Gasteiger partial charge in [0.2, 0.25) is 5.91 Å². The highest BCUT2D eigenvalue weighted by atomic mass is 32.1. The van der Waals surface area contributed by atoms with E-state index in [-0.39, 0.29) is 17.7 Å². The molecular formula is C16H17N3O3S. The van der Waals surface area contributed by atoms with Crippen molar-refractivity contribution >= 4 is 34.0 Å². The Kier molecular flexibility index (Phi) is 4.68. The summed E-state index contributed by atoms with van der Waals surface area (Å²) in [4.78, 5) is 28.6. The van der Waals surface area contributed by atoms with Crippen LogP contribution in [-0.4, -0.2) is 30.0 Å². The molecule has 1 aliphatic heterocycles. The summed E-state index contributed by atoms with van der Waals surface area (Å²) in [6.07, 6.45) is 2.36. The first kappa shape index (κ1) is 15.6. The number of hydrogen-bond acceptors (Lipinski definition) is 5. The fourth-order valence-electron chi connectivity index (χ4n) is 2.44. The van der Waals surface area contributed by atoms with E-state index < -0.39 is 0 Å². The first-order chi connectivity index (χ1) is 11.1. The van der Waals surface area contributed by atoms with E-state index in [0.717, 1.165) is 12.0 Å². The number of anilines is 2. The highest BCUT2D eigenvalue weighted by Crippen LogP contribution is 2.23. The summed E-state index contributed by atoms with van der Waals surface area (Å²) in [6, 6.07) is 5.28. The van der Waals surface area contributed by atoms with Crippen LogP contribution in [0.3, 0.4) is 0 Å². The molecule has 6 nitrogen and oxygen atoms in total. The van der Waals surface area contributed by atoms with E-state index in [1.807, 2.05) is 6.92 Å². The highest BCUT2D eigenvalue weighted by Gasteiger charge is 2.24. The molecule has 1 saturated heterocycles. The maximum Gasteiger partial charge on any atom is 0.257 e. The van der Waals surface area contributed by atoms with Gasteiger partial charge in [0.1, 0.15) is 0 Å². The van der Waals surface area contributed by atoms with Crippen molar-refractivity contribution in [2.24, 2.45) is 5.92 Å². The molecule has 120 valence electrons. The van der Waals surface area contributed by atoms with Gasteiger partial charge in [0.05, 0.1) is 12.5 Å². The summed E-state index contributed by atoms with van der Waals surface area (Å²) in [5.74, 6) is -0.428. The Bertz CT molecular complexity index is 709. The second-order valence-electron chi connectivity index (χ2n) is 5.32. The molecule has 1 aromatic carbocycles. The molecule has 2 N–H and O–H groups in total. The number of ether oxygens (including phenoxy) is 1. The van der Waals surface area contributed by atoms with Gasteiger partial charge >= 0.3 is 0 Å². The quantitative estimate of drug-likeness (QED) is 0.902. The number of carbonyl (C=O) groups is 2. The summed E-state index contributed by atoms with van der Waals surface area (Å²) >= 11 is 1.36. The molecule has 7 heteroatoms. The second kappa shape index (κ2) is 6.89. The lowest BCUT2D eigenvalue weighted by Crippen LogP contribution is -2.24. The van der Waals surface area contributed by atoms with E-state index in [0.29, 0.717) is 29.6 Å². The van der Waals surface area contributed by atoms with E-state index in [9.17, 15) is 9.59 Å². The average molecular weight is 331 g/mol. The van der Waals surface area contributed by atoms with Crippen molar-refractivity contribution in [1.29, 1.82) is 0 Å². The van der Waals surface area contributed by atoms with Crippen LogP contribution >= 0.6 is 11.3 Å². The zero-order chi connectivity index (χ0) is 16.2. The SMILES string of the molecule is Cc1c(NC(=O)[C@H]2CCOC2)cccc1C(=O)Nc1nccs1. The van der Waals surface area contributed by atoms with Gasteiger partial charge in [-0.15, -0.1) is 11.3 Å². The average Bonchev–Trinajstić information content (AvgIpc) is 3.22. The Morgan fingerprint density at radius 2 is 2.22 bits per heavy atom. The molecule has 1 aliphatic rings. The number of aromatic nitrogens is 1. The van der Waals surface area contributed by atoms with E-state index in [1.165, 1.54) is 11.3 Å². The number of hydrogen-bond donors (Lipinski definition) is 2. The van der Waals surface area contributed by atoms with E-state index >= 15 is 0 Å². The zero-order valence-corrected chi connectivity index (χ0v) is 13.5. The molecule has 3 rings (SSSR count). The minimum atomic E-state index is -0.238. The van der Waals surface area contributed by atoms with Crippen molar-refractivity contribution < 1.29 is 14.3 Å². The number of amides is 2. The van der Waals surface area contributed by atoms with E-state index in [1.54, 1.807) is 29.8 Å². The van der Waals surface area contributed by atoms with Gasteiger partial charge in [-0.3, -0.25) is 14.9 Å². The van der Waals surface area contributed by atoms with Gasteiger partial charge in [0, 0.05) is 29.4 Å². The maximum absolute atomic E-state index is 12.3. The van der Waals surface area contributed by atoms with Crippen LogP contribution in [0.25, 0.3) is 0 Å². The lowest BCUT2D eigenvalue weighted by Gasteiger charge is -2.14. The Hall–Kier alpha value is -2.25. The number of carbonyl (C=O) groups excluding carboxylic acids is 2. The normalized spacial score (nSPS) is 17.0. The molecule has 0 bridgehead atoms. The van der Waals surface area contributed by atoms with Gasteiger partial charge in [-0.1, -0.05) is 6.07 Å². The summed E-state index contributed by atoms with van der Waals surface area (Å²) in [6.45, 7) is 2.89. The van der Waals surface area contributed by atoms with Crippen molar-refractivity contribution in [1.82, 2.24) is 4.98 Å². The number of nitrogens with zero attached hydrogens (tertiary/aromatic N) is 1. The Labute approximate surface area is 137 Å². The number of benzene rings is 1. The molecule has 0 aliphatic carbocycles. The second-order valence-corrected chi connectivity index (χ2v) is 6.21. The summed E-state index contributed by atoms with van der Waals surface area (Å²) in [5.41, 5.74) is 1.89. The number of rotatable bonds is 4. The van der Waals surface area contributed by atoms with Crippen LogP contribution in [0.15, 0.2) is 29.8 Å². The van der Waals surface area contributed by atoms with Crippen LogP contribution < -0.4 is 10.6 Å². The first-order valence-electron chi connectivity index (χ1n) is 7.34. The molecule has 1 aromatic heterocycles. The molecule has 2 aromatic rings. The summed E-state index contributed by atoms with van der Waals surface area (Å²) in [7, 11) is 0. The van der Waals surface area contributed by atoms with Crippen molar-refractivity contribution in [2.45, 2.75) is 13.3 Å². The van der Waals surface area contributed by atoms with E-state index in [2.05, 4.69) is 15.6 Å². The Morgan fingerprint density at radius 3 is 2.91 bits per heavy atom. The van der Waals surface area contributed by atoms with Crippen molar-refractivity contribution in [3.63, 3.8) is 0 Å². The molecule has 2 heterocycles. The van der Waals surface area contributed by atoms with E-state index in [4.69, 9.17) is 4.74 Å². The number of thiazole rings is 1.